The first-order valence-corrected chi connectivity index (χ1v) is 5.05. The van der Waals surface area contributed by atoms with Gasteiger partial charge in [0, 0.05) is 5.56 Å². The van der Waals surface area contributed by atoms with Crippen LogP contribution in [0.4, 0.5) is 0 Å². The monoisotopic (exact) mass is 206 g/mol. The van der Waals surface area contributed by atoms with Crippen molar-refractivity contribution >= 4 is 5.78 Å². The number of Topliss-reactive ketones (excluding diaryl/α,β-unsaturated/α-hetero) is 1. The minimum Gasteiger partial charge on any atom is -0.376 e. The molecule has 2 rings (SSSR count). The van der Waals surface area contributed by atoms with Crippen LogP contribution in [0.2, 0.25) is 0 Å². The first-order chi connectivity index (χ1) is 7.25. The van der Waals surface area contributed by atoms with Gasteiger partial charge in [0.05, 0.1) is 19.8 Å². The van der Waals surface area contributed by atoms with E-state index in [1.165, 1.54) is 0 Å². The van der Waals surface area contributed by atoms with E-state index in [-0.39, 0.29) is 11.9 Å². The normalized spacial score (nSPS) is 16.1. The van der Waals surface area contributed by atoms with Crippen LogP contribution in [0, 0.1) is 0 Å². The lowest BCUT2D eigenvalue weighted by Gasteiger charge is -2.25. The average Bonchev–Trinajstić information content (AvgIpc) is 2.16. The quantitative estimate of drug-likeness (QED) is 0.705. The molecule has 1 aliphatic rings. The molecule has 1 heterocycles. The van der Waals surface area contributed by atoms with E-state index in [9.17, 15) is 4.79 Å². The van der Waals surface area contributed by atoms with E-state index >= 15 is 0 Å². The Morgan fingerprint density at radius 1 is 1.40 bits per heavy atom. The third kappa shape index (κ3) is 2.64. The molecule has 0 aromatic heterocycles. The van der Waals surface area contributed by atoms with Crippen LogP contribution in [0.5, 0.6) is 0 Å². The molecule has 3 nitrogen and oxygen atoms in total. The van der Waals surface area contributed by atoms with E-state index in [1.54, 1.807) is 6.92 Å². The van der Waals surface area contributed by atoms with Crippen LogP contribution in [0.15, 0.2) is 24.3 Å². The topological polar surface area (TPSA) is 35.5 Å². The molecule has 0 saturated carbocycles. The number of hydrogen-bond acceptors (Lipinski definition) is 3. The molecule has 0 spiro atoms. The highest BCUT2D eigenvalue weighted by molar-refractivity contribution is 5.93. The van der Waals surface area contributed by atoms with Crippen LogP contribution in [0.3, 0.4) is 0 Å². The van der Waals surface area contributed by atoms with Crippen LogP contribution in [0.1, 0.15) is 22.8 Å². The van der Waals surface area contributed by atoms with Crippen LogP contribution in [-0.2, 0) is 16.1 Å². The molecule has 0 unspecified atom stereocenters. The van der Waals surface area contributed by atoms with Crippen molar-refractivity contribution in [1.82, 2.24) is 0 Å². The minimum absolute atomic E-state index is 0.0925. The summed E-state index contributed by atoms with van der Waals surface area (Å²) in [6.45, 7) is 3.56. The second-order valence-electron chi connectivity index (χ2n) is 3.72. The molecule has 1 saturated heterocycles. The first-order valence-electron chi connectivity index (χ1n) is 5.05. The lowest BCUT2D eigenvalue weighted by molar-refractivity contribution is -0.135. The van der Waals surface area contributed by atoms with E-state index in [0.717, 1.165) is 11.1 Å². The third-order valence-corrected chi connectivity index (χ3v) is 2.45. The number of benzene rings is 1. The van der Waals surface area contributed by atoms with E-state index in [4.69, 9.17) is 9.47 Å². The van der Waals surface area contributed by atoms with Gasteiger partial charge in [-0.25, -0.2) is 0 Å². The van der Waals surface area contributed by atoms with Crippen molar-refractivity contribution in [1.29, 1.82) is 0 Å². The summed E-state index contributed by atoms with van der Waals surface area (Å²) in [5.41, 5.74) is 1.83. The lowest BCUT2D eigenvalue weighted by atomic mass is 10.1. The Hall–Kier alpha value is -1.19. The molecule has 0 amide bonds. The predicted octanol–water partition coefficient (Wildman–Crippen LogP) is 1.80. The van der Waals surface area contributed by atoms with Gasteiger partial charge in [0.15, 0.2) is 5.78 Å². The predicted molar refractivity (Wildman–Crippen MR) is 55.8 cm³/mol. The van der Waals surface area contributed by atoms with Crippen LogP contribution >= 0.6 is 0 Å². The maximum Gasteiger partial charge on any atom is 0.159 e. The maximum atomic E-state index is 11.0. The molecule has 3 heteroatoms. The Morgan fingerprint density at radius 3 is 2.53 bits per heavy atom. The average molecular weight is 206 g/mol. The highest BCUT2D eigenvalue weighted by Crippen LogP contribution is 2.11. The molecule has 1 fully saturated rings. The largest absolute Gasteiger partial charge is 0.376 e. The van der Waals surface area contributed by atoms with Gasteiger partial charge in [-0.3, -0.25) is 4.79 Å². The van der Waals surface area contributed by atoms with Crippen molar-refractivity contribution in [2.24, 2.45) is 0 Å². The summed E-state index contributed by atoms with van der Waals surface area (Å²) in [4.78, 5) is 11.0. The number of ether oxygens (including phenoxy) is 2. The van der Waals surface area contributed by atoms with Crippen LogP contribution in [0.25, 0.3) is 0 Å². The maximum absolute atomic E-state index is 11.0. The van der Waals surface area contributed by atoms with Gasteiger partial charge in [-0.2, -0.15) is 0 Å². The lowest BCUT2D eigenvalue weighted by Crippen LogP contribution is -2.35. The molecule has 0 atom stereocenters. The highest BCUT2D eigenvalue weighted by atomic mass is 16.6. The summed E-state index contributed by atoms with van der Waals surface area (Å²) >= 11 is 0. The van der Waals surface area contributed by atoms with Gasteiger partial charge >= 0.3 is 0 Å². The van der Waals surface area contributed by atoms with Crippen molar-refractivity contribution < 1.29 is 14.3 Å². The zero-order chi connectivity index (χ0) is 10.7. The highest BCUT2D eigenvalue weighted by Gasteiger charge is 2.18. The van der Waals surface area contributed by atoms with E-state index in [0.29, 0.717) is 19.8 Å². The Kier molecular flexibility index (Phi) is 3.14. The van der Waals surface area contributed by atoms with Crippen molar-refractivity contribution in [3.63, 3.8) is 0 Å². The Bertz CT molecular complexity index is 338. The smallest absolute Gasteiger partial charge is 0.159 e. The van der Waals surface area contributed by atoms with Crippen molar-refractivity contribution in [3.8, 4) is 0 Å². The first kappa shape index (κ1) is 10.3. The standard InChI is InChI=1S/C12H14O3/c1-9(13)11-4-2-10(3-5-11)6-15-12-7-14-8-12/h2-5,12H,6-8H2,1H3. The summed E-state index contributed by atoms with van der Waals surface area (Å²) in [5.74, 6) is 0.0925. The second-order valence-corrected chi connectivity index (χ2v) is 3.72. The van der Waals surface area contributed by atoms with Gasteiger partial charge < -0.3 is 9.47 Å². The molecule has 0 aliphatic carbocycles. The van der Waals surface area contributed by atoms with Gasteiger partial charge in [-0.15, -0.1) is 0 Å². The zero-order valence-electron chi connectivity index (χ0n) is 8.73. The number of carbonyl (C=O) groups excluding carboxylic acids is 1. The molecular formula is C12H14O3. The van der Waals surface area contributed by atoms with E-state index in [1.807, 2.05) is 24.3 Å². The third-order valence-electron chi connectivity index (χ3n) is 2.45. The molecule has 15 heavy (non-hydrogen) atoms. The number of carbonyl (C=O) groups is 1. The summed E-state index contributed by atoms with van der Waals surface area (Å²) < 4.78 is 10.6. The molecule has 0 bridgehead atoms. The van der Waals surface area contributed by atoms with E-state index in [2.05, 4.69) is 0 Å². The summed E-state index contributed by atoms with van der Waals surface area (Å²) in [7, 11) is 0. The summed E-state index contributed by atoms with van der Waals surface area (Å²) in [5, 5.41) is 0. The van der Waals surface area contributed by atoms with Gasteiger partial charge in [0.1, 0.15) is 6.10 Å². The fraction of sp³-hybridized carbons (Fsp3) is 0.417. The number of hydrogen-bond donors (Lipinski definition) is 0. The van der Waals surface area contributed by atoms with Crippen molar-refractivity contribution in [3.05, 3.63) is 35.4 Å². The summed E-state index contributed by atoms with van der Waals surface area (Å²) in [6, 6.07) is 7.52. The fourth-order valence-corrected chi connectivity index (χ4v) is 1.36. The molecular weight excluding hydrogens is 192 g/mol. The second kappa shape index (κ2) is 4.55. The molecule has 1 aromatic rings. The zero-order valence-corrected chi connectivity index (χ0v) is 8.73. The SMILES string of the molecule is CC(=O)c1ccc(COC2COC2)cc1. The van der Waals surface area contributed by atoms with Crippen LogP contribution in [-0.4, -0.2) is 25.1 Å². The van der Waals surface area contributed by atoms with Crippen molar-refractivity contribution in [2.75, 3.05) is 13.2 Å². The van der Waals surface area contributed by atoms with Gasteiger partial charge in [-0.05, 0) is 12.5 Å². The van der Waals surface area contributed by atoms with E-state index < -0.39 is 0 Å². The number of rotatable bonds is 4. The van der Waals surface area contributed by atoms with Gasteiger partial charge in [-0.1, -0.05) is 24.3 Å². The molecule has 0 radical (unpaired) electrons. The molecule has 80 valence electrons. The van der Waals surface area contributed by atoms with Gasteiger partial charge in [0.25, 0.3) is 0 Å². The summed E-state index contributed by atoms with van der Waals surface area (Å²) in [6.07, 6.45) is 0.248. The fourth-order valence-electron chi connectivity index (χ4n) is 1.36. The van der Waals surface area contributed by atoms with Gasteiger partial charge in [0.2, 0.25) is 0 Å². The Labute approximate surface area is 89.0 Å². The molecule has 1 aliphatic heterocycles. The molecule has 1 aromatic carbocycles. The Morgan fingerprint density at radius 2 is 2.07 bits per heavy atom. The minimum atomic E-state index is 0.0925. The van der Waals surface area contributed by atoms with Crippen molar-refractivity contribution in [2.45, 2.75) is 19.6 Å². The molecule has 0 N–H and O–H groups in total. The number of ketones is 1. The van der Waals surface area contributed by atoms with Crippen LogP contribution < -0.4 is 0 Å². The Balaban J connectivity index is 1.88.